The molecular weight excluding hydrogens is 278 g/mol. The molecule has 0 atom stereocenters. The molecule has 1 rings (SSSR count). The molecule has 0 radical (unpaired) electrons. The Labute approximate surface area is 92.2 Å². The lowest BCUT2D eigenvalue weighted by Gasteiger charge is -2.06. The lowest BCUT2D eigenvalue weighted by molar-refractivity contribution is 0.145. The lowest BCUT2D eigenvalue weighted by atomic mass is 10.3. The molecule has 0 saturated heterocycles. The molecule has 9 heteroatoms. The largest absolute Gasteiger partial charge is 0.281 e. The zero-order valence-corrected chi connectivity index (χ0v) is 9.04. The van der Waals surface area contributed by atoms with Gasteiger partial charge in [0.2, 0.25) is 5.03 Å². The van der Waals surface area contributed by atoms with Crippen molar-refractivity contribution in [3.63, 3.8) is 0 Å². The molecule has 0 aromatic carbocycles. The molecule has 84 valence electrons. The van der Waals surface area contributed by atoms with Crippen LogP contribution in [-0.2, 0) is 9.05 Å². The highest BCUT2D eigenvalue weighted by Crippen LogP contribution is 2.32. The molecule has 1 heterocycles. The first-order valence-electron chi connectivity index (χ1n) is 3.32. The van der Waals surface area contributed by atoms with Crippen molar-refractivity contribution in [1.82, 2.24) is 4.98 Å². The highest BCUT2D eigenvalue weighted by atomic mass is 35.7. The van der Waals surface area contributed by atoms with E-state index in [9.17, 15) is 21.6 Å². The van der Waals surface area contributed by atoms with Gasteiger partial charge in [0.05, 0.1) is 10.6 Å². The van der Waals surface area contributed by atoms with Crippen LogP contribution in [0.5, 0.6) is 0 Å². The number of hydrogen-bond donors (Lipinski definition) is 0. The molecule has 0 bridgehead atoms. The zero-order valence-electron chi connectivity index (χ0n) is 6.72. The second-order valence-electron chi connectivity index (χ2n) is 2.38. The van der Waals surface area contributed by atoms with E-state index >= 15 is 0 Å². The van der Waals surface area contributed by atoms with E-state index in [1.165, 1.54) is 0 Å². The van der Waals surface area contributed by atoms with Gasteiger partial charge in [-0.1, -0.05) is 11.6 Å². The predicted molar refractivity (Wildman–Crippen MR) is 47.2 cm³/mol. The van der Waals surface area contributed by atoms with Gasteiger partial charge in [-0.3, -0.25) is 0 Å². The quantitative estimate of drug-likeness (QED) is 0.782. The summed E-state index contributed by atoms with van der Waals surface area (Å²) >= 11 is 5.23. The molecular formula is C6H2Cl2F3NO2S. The number of hydrogen-bond acceptors (Lipinski definition) is 3. The fraction of sp³-hybridized carbons (Fsp3) is 0.167. The summed E-state index contributed by atoms with van der Waals surface area (Å²) < 4.78 is 59.2. The van der Waals surface area contributed by atoms with Crippen LogP contribution < -0.4 is 0 Å². The second-order valence-corrected chi connectivity index (χ2v) is 5.27. The third kappa shape index (κ3) is 2.53. The highest BCUT2D eigenvalue weighted by molar-refractivity contribution is 8.13. The minimum atomic E-state index is -4.51. The lowest BCUT2D eigenvalue weighted by Crippen LogP contribution is -2.04. The summed E-state index contributed by atoms with van der Waals surface area (Å²) in [7, 11) is 0.262. The zero-order chi connectivity index (χ0) is 11.8. The van der Waals surface area contributed by atoms with E-state index in [4.69, 9.17) is 22.3 Å². The monoisotopic (exact) mass is 279 g/mol. The van der Waals surface area contributed by atoms with E-state index < -0.39 is 36.9 Å². The van der Waals surface area contributed by atoms with E-state index in [-0.39, 0.29) is 0 Å². The van der Waals surface area contributed by atoms with Crippen molar-refractivity contribution in [1.29, 1.82) is 0 Å². The Kier molecular flexibility index (Phi) is 3.47. The first kappa shape index (κ1) is 12.5. The fourth-order valence-corrected chi connectivity index (χ4v) is 1.87. The van der Waals surface area contributed by atoms with Crippen molar-refractivity contribution in [2.75, 3.05) is 0 Å². The Morgan fingerprint density at radius 3 is 2.33 bits per heavy atom. The van der Waals surface area contributed by atoms with Crippen LogP contribution in [0.2, 0.25) is 5.02 Å². The summed E-state index contributed by atoms with van der Waals surface area (Å²) in [6.07, 6.45) is -2.65. The smallest absolute Gasteiger partial charge is 0.239 e. The summed E-state index contributed by atoms with van der Waals surface area (Å²) in [5, 5.41) is -1.92. The highest BCUT2D eigenvalue weighted by Gasteiger charge is 2.27. The van der Waals surface area contributed by atoms with Gasteiger partial charge in [0.25, 0.3) is 15.5 Å². The molecule has 0 aliphatic rings. The Hall–Kier alpha value is -0.530. The first-order valence-corrected chi connectivity index (χ1v) is 6.00. The van der Waals surface area contributed by atoms with Crippen molar-refractivity contribution < 1.29 is 21.6 Å². The van der Waals surface area contributed by atoms with Gasteiger partial charge in [-0.2, -0.15) is 0 Å². The maximum Gasteiger partial charge on any atom is 0.281 e. The first-order chi connectivity index (χ1) is 6.75. The third-order valence-electron chi connectivity index (χ3n) is 1.43. The van der Waals surface area contributed by atoms with Crippen LogP contribution in [0.4, 0.5) is 13.2 Å². The minimum Gasteiger partial charge on any atom is -0.239 e. The van der Waals surface area contributed by atoms with E-state index in [1.807, 2.05) is 0 Å². The van der Waals surface area contributed by atoms with Crippen LogP contribution in [0.3, 0.4) is 0 Å². The Balaban J connectivity index is 3.56. The molecule has 3 nitrogen and oxygen atoms in total. The van der Waals surface area contributed by atoms with Crippen molar-refractivity contribution in [3.8, 4) is 0 Å². The Morgan fingerprint density at radius 1 is 1.40 bits per heavy atom. The van der Waals surface area contributed by atoms with Crippen LogP contribution in [0.25, 0.3) is 0 Å². The number of pyridine rings is 1. The minimum absolute atomic E-state index is 0.599. The van der Waals surface area contributed by atoms with Crippen LogP contribution in [0, 0.1) is 5.82 Å². The number of halogens is 5. The molecule has 0 aliphatic carbocycles. The van der Waals surface area contributed by atoms with Gasteiger partial charge >= 0.3 is 0 Å². The molecule has 0 saturated carbocycles. The average Bonchev–Trinajstić information content (AvgIpc) is 2.00. The van der Waals surface area contributed by atoms with Crippen LogP contribution in [0.1, 0.15) is 12.0 Å². The van der Waals surface area contributed by atoms with Crippen LogP contribution >= 0.6 is 22.3 Å². The third-order valence-corrected chi connectivity index (χ3v) is 2.91. The van der Waals surface area contributed by atoms with Crippen LogP contribution in [0.15, 0.2) is 11.2 Å². The van der Waals surface area contributed by atoms with Gasteiger partial charge in [-0.05, 0) is 0 Å². The molecule has 15 heavy (non-hydrogen) atoms. The van der Waals surface area contributed by atoms with Crippen molar-refractivity contribution in [2.45, 2.75) is 11.5 Å². The molecule has 0 unspecified atom stereocenters. The number of aromatic nitrogens is 1. The van der Waals surface area contributed by atoms with Gasteiger partial charge in [-0.25, -0.2) is 26.6 Å². The summed E-state index contributed by atoms with van der Waals surface area (Å²) in [4.78, 5) is 3.03. The standard InChI is InChI=1S/C6H2Cl2F3NO2S/c7-2-1-12-6(15(8,13)14)4(9)3(2)5(10)11/h1,5H. The van der Waals surface area contributed by atoms with E-state index in [1.54, 1.807) is 0 Å². The summed E-state index contributed by atoms with van der Waals surface area (Å²) in [5.74, 6) is -1.73. The van der Waals surface area contributed by atoms with Gasteiger partial charge in [0.15, 0.2) is 5.82 Å². The molecule has 0 N–H and O–H groups in total. The molecule has 0 aliphatic heterocycles. The summed E-state index contributed by atoms with van der Waals surface area (Å²) in [6.45, 7) is 0. The summed E-state index contributed by atoms with van der Waals surface area (Å²) in [5.41, 5.74) is -1.23. The van der Waals surface area contributed by atoms with Gasteiger partial charge < -0.3 is 0 Å². The molecule has 0 amide bonds. The Bertz CT molecular complexity index is 491. The van der Waals surface area contributed by atoms with Gasteiger partial charge in [-0.15, -0.1) is 0 Å². The van der Waals surface area contributed by atoms with E-state index in [2.05, 4.69) is 4.98 Å². The maximum absolute atomic E-state index is 13.2. The van der Waals surface area contributed by atoms with Gasteiger partial charge in [0, 0.05) is 16.9 Å². The molecule has 1 aromatic rings. The van der Waals surface area contributed by atoms with Crippen molar-refractivity contribution in [3.05, 3.63) is 22.6 Å². The molecule has 1 aromatic heterocycles. The number of alkyl halides is 2. The normalized spacial score (nSPS) is 12.1. The number of nitrogens with zero attached hydrogens (tertiary/aromatic N) is 1. The van der Waals surface area contributed by atoms with E-state index in [0.717, 1.165) is 0 Å². The van der Waals surface area contributed by atoms with Gasteiger partial charge in [0.1, 0.15) is 0 Å². The second kappa shape index (κ2) is 4.15. The SMILES string of the molecule is O=S(=O)(Cl)c1ncc(Cl)c(C(F)F)c1F. The Morgan fingerprint density at radius 2 is 1.93 bits per heavy atom. The topological polar surface area (TPSA) is 47.0 Å². The van der Waals surface area contributed by atoms with Crippen LogP contribution in [-0.4, -0.2) is 13.4 Å². The number of rotatable bonds is 2. The fourth-order valence-electron chi connectivity index (χ4n) is 0.832. The van der Waals surface area contributed by atoms with Crippen molar-refractivity contribution in [2.24, 2.45) is 0 Å². The molecule has 0 fully saturated rings. The predicted octanol–water partition coefficient (Wildman–Crippen LogP) is 2.74. The maximum atomic E-state index is 13.2. The average molecular weight is 280 g/mol. The van der Waals surface area contributed by atoms with E-state index in [0.29, 0.717) is 6.20 Å². The summed E-state index contributed by atoms with van der Waals surface area (Å²) in [6, 6.07) is 0. The molecule has 0 spiro atoms. The van der Waals surface area contributed by atoms with Crippen molar-refractivity contribution >= 4 is 31.3 Å².